The largest absolute Gasteiger partial charge is 0.346 e. The Morgan fingerprint density at radius 3 is 2.38 bits per heavy atom. The van der Waals surface area contributed by atoms with E-state index < -0.39 is 0 Å². The molecule has 1 aromatic rings. The van der Waals surface area contributed by atoms with Gasteiger partial charge in [0.25, 0.3) is 0 Å². The molecule has 0 bridgehead atoms. The topological polar surface area (TPSA) is 22.0 Å². The molecule has 0 aromatic carbocycles. The number of halogens is 1. The van der Waals surface area contributed by atoms with Crippen molar-refractivity contribution in [2.24, 2.45) is 0 Å². The number of hydrogen-bond acceptors (Lipinski definition) is 1. The van der Waals surface area contributed by atoms with E-state index in [1.165, 1.54) is 0 Å². The smallest absolute Gasteiger partial charge is 0.178 e. The van der Waals surface area contributed by atoms with Crippen LogP contribution in [0.15, 0.2) is 6.07 Å². The first-order chi connectivity index (χ1) is 7.40. The molecule has 3 heteroatoms. The molecular formula is C13H20BrNO. The average molecular weight is 286 g/mol. The maximum atomic E-state index is 12.1. The first kappa shape index (κ1) is 13.5. The van der Waals surface area contributed by atoms with Gasteiger partial charge < -0.3 is 4.57 Å². The molecule has 0 aliphatic carbocycles. The molecule has 0 saturated heterocycles. The maximum absolute atomic E-state index is 12.1. The summed E-state index contributed by atoms with van der Waals surface area (Å²) < 4.78 is 2.21. The minimum atomic E-state index is -0.0615. The van der Waals surface area contributed by atoms with E-state index >= 15 is 0 Å². The van der Waals surface area contributed by atoms with Gasteiger partial charge in [0.15, 0.2) is 5.78 Å². The normalized spacial score (nSPS) is 13.2. The minimum absolute atomic E-state index is 0.0615. The number of carbonyl (C=O) groups is 1. The summed E-state index contributed by atoms with van der Waals surface area (Å²) in [6, 6.07) is 2.40. The number of aryl methyl sites for hydroxylation is 1. The molecule has 16 heavy (non-hydrogen) atoms. The highest BCUT2D eigenvalue weighted by molar-refractivity contribution is 9.10. The lowest BCUT2D eigenvalue weighted by molar-refractivity contribution is 0.0989. The van der Waals surface area contributed by atoms with Crippen molar-refractivity contribution < 1.29 is 4.79 Å². The monoisotopic (exact) mass is 285 g/mol. The summed E-state index contributed by atoms with van der Waals surface area (Å²) in [7, 11) is 0. The standard InChI is InChI=1S/C13H20BrNO/c1-6-12(14)13(16)11-7-9(4)15(8(2)3)10(11)5/h7-8,12H,6H2,1-5H3. The van der Waals surface area contributed by atoms with Crippen molar-refractivity contribution in [2.75, 3.05) is 0 Å². The SMILES string of the molecule is CCC(Br)C(=O)c1cc(C)n(C(C)C)c1C. The first-order valence-electron chi connectivity index (χ1n) is 5.76. The van der Waals surface area contributed by atoms with Crippen molar-refractivity contribution in [2.45, 2.75) is 51.9 Å². The van der Waals surface area contributed by atoms with Crippen molar-refractivity contribution >= 4 is 21.7 Å². The third kappa shape index (κ3) is 2.40. The molecule has 0 saturated carbocycles. The number of nitrogens with zero attached hydrogens (tertiary/aromatic N) is 1. The molecule has 1 atom stereocenters. The van der Waals surface area contributed by atoms with Crippen molar-refractivity contribution in [1.82, 2.24) is 4.57 Å². The fraction of sp³-hybridized carbons (Fsp3) is 0.615. The molecule has 2 nitrogen and oxygen atoms in total. The number of Topliss-reactive ketones (excluding diaryl/α,β-unsaturated/α-hetero) is 1. The summed E-state index contributed by atoms with van der Waals surface area (Å²) in [6.07, 6.45) is 0.824. The Kier molecular flexibility index (Phi) is 4.36. The van der Waals surface area contributed by atoms with E-state index in [9.17, 15) is 4.79 Å². The highest BCUT2D eigenvalue weighted by atomic mass is 79.9. The Bertz CT molecular complexity index is 393. The highest BCUT2D eigenvalue weighted by Gasteiger charge is 2.21. The van der Waals surface area contributed by atoms with Gasteiger partial charge >= 0.3 is 0 Å². The lowest BCUT2D eigenvalue weighted by atomic mass is 10.1. The molecular weight excluding hydrogens is 266 g/mol. The summed E-state index contributed by atoms with van der Waals surface area (Å²) in [5.74, 6) is 0.197. The van der Waals surface area contributed by atoms with Crippen LogP contribution in [0.1, 0.15) is 55.0 Å². The number of ketones is 1. The quantitative estimate of drug-likeness (QED) is 0.604. The van der Waals surface area contributed by atoms with Crippen LogP contribution in [0, 0.1) is 13.8 Å². The van der Waals surface area contributed by atoms with Crippen molar-refractivity contribution in [3.63, 3.8) is 0 Å². The second-order valence-electron chi connectivity index (χ2n) is 4.49. The first-order valence-corrected chi connectivity index (χ1v) is 6.68. The van der Waals surface area contributed by atoms with Crippen LogP contribution < -0.4 is 0 Å². The molecule has 0 fully saturated rings. The van der Waals surface area contributed by atoms with Crippen LogP contribution in [0.25, 0.3) is 0 Å². The molecule has 1 aromatic heterocycles. The van der Waals surface area contributed by atoms with Gasteiger partial charge in [0, 0.05) is 23.0 Å². The Morgan fingerprint density at radius 1 is 1.44 bits per heavy atom. The molecule has 90 valence electrons. The van der Waals surface area contributed by atoms with Gasteiger partial charge in [0.1, 0.15) is 0 Å². The third-order valence-electron chi connectivity index (χ3n) is 2.91. The molecule has 0 aliphatic heterocycles. The van der Waals surface area contributed by atoms with Gasteiger partial charge in [0.2, 0.25) is 0 Å². The van der Waals surface area contributed by atoms with Gasteiger partial charge in [-0.2, -0.15) is 0 Å². The summed E-state index contributed by atoms with van der Waals surface area (Å²) in [5, 5.41) is 0. The van der Waals surface area contributed by atoms with Gasteiger partial charge in [-0.1, -0.05) is 22.9 Å². The molecule has 0 spiro atoms. The minimum Gasteiger partial charge on any atom is -0.346 e. The Labute approximate surface area is 106 Å². The number of rotatable bonds is 4. The lowest BCUT2D eigenvalue weighted by Crippen LogP contribution is -2.14. The zero-order valence-electron chi connectivity index (χ0n) is 10.7. The molecule has 1 rings (SSSR count). The van der Waals surface area contributed by atoms with Crippen LogP contribution in [-0.2, 0) is 0 Å². The predicted molar refractivity (Wildman–Crippen MR) is 71.6 cm³/mol. The predicted octanol–water partition coefficient (Wildman–Crippen LogP) is 4.04. The van der Waals surface area contributed by atoms with Crippen LogP contribution in [0.2, 0.25) is 0 Å². The number of carbonyl (C=O) groups excluding carboxylic acids is 1. The van der Waals surface area contributed by atoms with Crippen LogP contribution in [-0.4, -0.2) is 15.2 Å². The molecule has 1 heterocycles. The van der Waals surface area contributed by atoms with Crippen LogP contribution >= 0.6 is 15.9 Å². The van der Waals surface area contributed by atoms with Gasteiger partial charge in [-0.25, -0.2) is 0 Å². The summed E-state index contributed by atoms with van der Waals surface area (Å²) in [5.41, 5.74) is 3.09. The van der Waals surface area contributed by atoms with E-state index in [2.05, 4.69) is 41.3 Å². The maximum Gasteiger partial charge on any atom is 0.178 e. The fourth-order valence-corrected chi connectivity index (χ4v) is 2.42. The number of alkyl halides is 1. The summed E-state index contributed by atoms with van der Waals surface area (Å²) in [6.45, 7) is 10.4. The van der Waals surface area contributed by atoms with Gasteiger partial charge in [-0.3, -0.25) is 4.79 Å². The average Bonchev–Trinajstić information content (AvgIpc) is 2.51. The van der Waals surface area contributed by atoms with E-state index in [-0.39, 0.29) is 10.6 Å². The molecule has 0 radical (unpaired) electrons. The number of aromatic nitrogens is 1. The van der Waals surface area contributed by atoms with E-state index in [1.807, 2.05) is 19.9 Å². The van der Waals surface area contributed by atoms with Crippen molar-refractivity contribution in [1.29, 1.82) is 0 Å². The third-order valence-corrected chi connectivity index (χ3v) is 3.97. The highest BCUT2D eigenvalue weighted by Crippen LogP contribution is 2.23. The molecule has 1 unspecified atom stereocenters. The second-order valence-corrected chi connectivity index (χ2v) is 5.59. The lowest BCUT2D eigenvalue weighted by Gasteiger charge is -2.14. The molecule has 0 aliphatic rings. The van der Waals surface area contributed by atoms with E-state index in [1.54, 1.807) is 0 Å². The fourth-order valence-electron chi connectivity index (χ4n) is 2.18. The van der Waals surface area contributed by atoms with Gasteiger partial charge in [-0.05, 0) is 40.2 Å². The van der Waals surface area contributed by atoms with E-state index in [0.717, 1.165) is 23.4 Å². The number of hydrogen-bond donors (Lipinski definition) is 0. The Balaban J connectivity index is 3.17. The van der Waals surface area contributed by atoms with Gasteiger partial charge in [0.05, 0.1) is 4.83 Å². The van der Waals surface area contributed by atoms with Crippen molar-refractivity contribution in [3.05, 3.63) is 23.0 Å². The zero-order valence-corrected chi connectivity index (χ0v) is 12.3. The molecule has 0 amide bonds. The summed E-state index contributed by atoms with van der Waals surface area (Å²) >= 11 is 3.43. The second kappa shape index (κ2) is 5.17. The van der Waals surface area contributed by atoms with E-state index in [0.29, 0.717) is 6.04 Å². The zero-order chi connectivity index (χ0) is 12.5. The molecule has 0 N–H and O–H groups in total. The summed E-state index contributed by atoms with van der Waals surface area (Å²) in [4.78, 5) is 12.1. The van der Waals surface area contributed by atoms with E-state index in [4.69, 9.17) is 0 Å². The van der Waals surface area contributed by atoms with Crippen molar-refractivity contribution in [3.8, 4) is 0 Å². The Hall–Kier alpha value is -0.570. The van der Waals surface area contributed by atoms with Gasteiger partial charge in [-0.15, -0.1) is 0 Å². The van der Waals surface area contributed by atoms with Crippen LogP contribution in [0.4, 0.5) is 0 Å². The Morgan fingerprint density at radius 2 is 2.00 bits per heavy atom. The van der Waals surface area contributed by atoms with Crippen LogP contribution in [0.5, 0.6) is 0 Å². The van der Waals surface area contributed by atoms with Crippen LogP contribution in [0.3, 0.4) is 0 Å².